The predicted octanol–water partition coefficient (Wildman–Crippen LogP) is 3.14. The molecular formula is C23H32N6O3S. The monoisotopic (exact) mass is 472 g/mol. The van der Waals surface area contributed by atoms with Crippen LogP contribution in [0.3, 0.4) is 0 Å². The summed E-state index contributed by atoms with van der Waals surface area (Å²) in [5, 5.41) is 12.6. The Hall–Kier alpha value is -2.85. The second-order valence-electron chi connectivity index (χ2n) is 7.65. The minimum absolute atomic E-state index is 0.0387. The number of ether oxygens (including phenoxy) is 2. The molecule has 2 aromatic heterocycles. The van der Waals surface area contributed by atoms with Gasteiger partial charge >= 0.3 is 0 Å². The van der Waals surface area contributed by atoms with Crippen molar-refractivity contribution in [3.05, 3.63) is 36.0 Å². The molecule has 0 spiro atoms. The number of carbonyl (C=O) groups excluding carboxylic acids is 1. The molecule has 178 valence electrons. The Morgan fingerprint density at radius 2 is 1.97 bits per heavy atom. The first-order chi connectivity index (χ1) is 16.0. The van der Waals surface area contributed by atoms with E-state index in [1.807, 2.05) is 31.2 Å². The van der Waals surface area contributed by atoms with E-state index in [-0.39, 0.29) is 5.91 Å². The Morgan fingerprint density at radius 1 is 1.18 bits per heavy atom. The average Bonchev–Trinajstić information content (AvgIpc) is 3.18. The molecule has 0 saturated heterocycles. The number of benzene rings is 1. The number of methoxy groups -OCH3 is 1. The van der Waals surface area contributed by atoms with Crippen molar-refractivity contribution in [3.8, 4) is 5.75 Å². The van der Waals surface area contributed by atoms with Gasteiger partial charge in [-0.3, -0.25) is 4.79 Å². The van der Waals surface area contributed by atoms with Gasteiger partial charge in [-0.2, -0.15) is 5.10 Å². The first-order valence-electron chi connectivity index (χ1n) is 11.1. The Balaban J connectivity index is 1.63. The quantitative estimate of drug-likeness (QED) is 0.222. The number of fused-ring (bicyclic) bond motifs is 1. The average molecular weight is 473 g/mol. The van der Waals surface area contributed by atoms with Crippen LogP contribution in [0.4, 0.5) is 5.82 Å². The number of rotatable bonds is 13. The first-order valence-corrected chi connectivity index (χ1v) is 12.0. The molecule has 0 atom stereocenters. The highest BCUT2D eigenvalue weighted by atomic mass is 32.2. The van der Waals surface area contributed by atoms with Crippen molar-refractivity contribution in [2.24, 2.45) is 0 Å². The van der Waals surface area contributed by atoms with E-state index < -0.39 is 0 Å². The maximum Gasteiger partial charge on any atom is 0.224 e. The molecule has 9 nitrogen and oxygen atoms in total. The highest BCUT2D eigenvalue weighted by molar-refractivity contribution is 7.99. The molecule has 0 aliphatic rings. The first kappa shape index (κ1) is 24.8. The van der Waals surface area contributed by atoms with Crippen LogP contribution in [0.25, 0.3) is 11.0 Å². The van der Waals surface area contributed by atoms with Crippen molar-refractivity contribution in [2.75, 3.05) is 38.7 Å². The van der Waals surface area contributed by atoms with Gasteiger partial charge in [0.1, 0.15) is 11.6 Å². The predicted molar refractivity (Wildman–Crippen MR) is 131 cm³/mol. The largest absolute Gasteiger partial charge is 0.494 e. The topological polar surface area (TPSA) is 103 Å². The highest BCUT2D eigenvalue weighted by Gasteiger charge is 2.14. The summed E-state index contributed by atoms with van der Waals surface area (Å²) in [5.74, 6) is 1.51. The van der Waals surface area contributed by atoms with Gasteiger partial charge in [0, 0.05) is 25.4 Å². The van der Waals surface area contributed by atoms with Crippen molar-refractivity contribution in [3.63, 3.8) is 0 Å². The fourth-order valence-corrected chi connectivity index (χ4v) is 3.89. The van der Waals surface area contributed by atoms with E-state index in [1.165, 1.54) is 0 Å². The summed E-state index contributed by atoms with van der Waals surface area (Å²) in [6, 6.07) is 7.59. The number of anilines is 1. The van der Waals surface area contributed by atoms with Crippen LogP contribution < -0.4 is 15.4 Å². The van der Waals surface area contributed by atoms with E-state index in [2.05, 4.69) is 34.6 Å². The number of amides is 1. The molecule has 33 heavy (non-hydrogen) atoms. The lowest BCUT2D eigenvalue weighted by Gasteiger charge is -2.11. The number of aromatic nitrogens is 4. The molecular weight excluding hydrogens is 440 g/mol. The van der Waals surface area contributed by atoms with Gasteiger partial charge in [0.05, 0.1) is 37.8 Å². The normalized spacial score (nSPS) is 11.2. The number of nitrogens with zero attached hydrogens (tertiary/aromatic N) is 4. The van der Waals surface area contributed by atoms with Crippen LogP contribution in [-0.4, -0.2) is 64.3 Å². The van der Waals surface area contributed by atoms with Crippen LogP contribution in [-0.2, 0) is 22.5 Å². The van der Waals surface area contributed by atoms with Crippen molar-refractivity contribution in [1.82, 2.24) is 25.1 Å². The molecule has 0 fully saturated rings. The van der Waals surface area contributed by atoms with Crippen molar-refractivity contribution < 1.29 is 14.3 Å². The van der Waals surface area contributed by atoms with E-state index in [0.29, 0.717) is 49.7 Å². The van der Waals surface area contributed by atoms with E-state index in [9.17, 15) is 4.79 Å². The summed E-state index contributed by atoms with van der Waals surface area (Å²) in [7, 11) is 1.67. The Bertz CT molecular complexity index is 1040. The van der Waals surface area contributed by atoms with Crippen molar-refractivity contribution >= 4 is 34.5 Å². The summed E-state index contributed by atoms with van der Waals surface area (Å²) in [5.41, 5.74) is 1.68. The Morgan fingerprint density at radius 3 is 2.67 bits per heavy atom. The lowest BCUT2D eigenvalue weighted by molar-refractivity contribution is -0.120. The number of carbonyl (C=O) groups is 1. The third-order valence-electron chi connectivity index (χ3n) is 4.66. The zero-order valence-electron chi connectivity index (χ0n) is 19.6. The maximum absolute atomic E-state index is 12.4. The van der Waals surface area contributed by atoms with Gasteiger partial charge in [0.2, 0.25) is 5.91 Å². The number of hydrogen-bond acceptors (Lipinski definition) is 8. The van der Waals surface area contributed by atoms with Gasteiger partial charge < -0.3 is 20.1 Å². The van der Waals surface area contributed by atoms with Crippen LogP contribution in [0.1, 0.15) is 26.3 Å². The molecule has 10 heteroatoms. The summed E-state index contributed by atoms with van der Waals surface area (Å²) < 4.78 is 12.4. The lowest BCUT2D eigenvalue weighted by Crippen LogP contribution is -2.28. The second-order valence-corrected chi connectivity index (χ2v) is 9.19. The van der Waals surface area contributed by atoms with Gasteiger partial charge in [-0.1, -0.05) is 37.7 Å². The highest BCUT2D eigenvalue weighted by Crippen LogP contribution is 2.26. The van der Waals surface area contributed by atoms with Crippen LogP contribution in [0.15, 0.2) is 35.6 Å². The second kappa shape index (κ2) is 12.4. The van der Waals surface area contributed by atoms with E-state index in [4.69, 9.17) is 14.5 Å². The summed E-state index contributed by atoms with van der Waals surface area (Å²) in [6.07, 6.45) is 2.08. The molecule has 0 bridgehead atoms. The molecule has 1 amide bonds. The zero-order valence-corrected chi connectivity index (χ0v) is 20.4. The Labute approximate surface area is 198 Å². The molecule has 3 rings (SSSR count). The van der Waals surface area contributed by atoms with Crippen molar-refractivity contribution in [1.29, 1.82) is 0 Å². The molecule has 3 aromatic rings. The summed E-state index contributed by atoms with van der Waals surface area (Å²) >= 11 is 1.60. The smallest absolute Gasteiger partial charge is 0.224 e. The van der Waals surface area contributed by atoms with E-state index in [1.54, 1.807) is 29.8 Å². The summed E-state index contributed by atoms with van der Waals surface area (Å²) in [6.45, 7) is 8.96. The minimum Gasteiger partial charge on any atom is -0.494 e. The molecule has 0 unspecified atom stereocenters. The fraction of sp³-hybridized carbons (Fsp3) is 0.478. The van der Waals surface area contributed by atoms with Crippen LogP contribution >= 0.6 is 11.8 Å². The third-order valence-corrected chi connectivity index (χ3v) is 5.53. The molecule has 2 N–H and O–H groups in total. The summed E-state index contributed by atoms with van der Waals surface area (Å²) in [4.78, 5) is 21.7. The number of nitrogens with one attached hydrogen (secondary N) is 2. The van der Waals surface area contributed by atoms with Gasteiger partial charge in [-0.25, -0.2) is 14.6 Å². The van der Waals surface area contributed by atoms with E-state index in [0.717, 1.165) is 28.2 Å². The van der Waals surface area contributed by atoms with Gasteiger partial charge in [0.25, 0.3) is 0 Å². The Kier molecular flexibility index (Phi) is 9.32. The fourth-order valence-electron chi connectivity index (χ4n) is 3.19. The van der Waals surface area contributed by atoms with Crippen LogP contribution in [0.2, 0.25) is 0 Å². The molecule has 2 heterocycles. The molecule has 0 saturated carbocycles. The standard InChI is InChI=1S/C23H32N6O3S/c1-5-32-18-8-6-17(7-9-18)14-20(30)24-10-12-29-22-19(15-26-29)21(25-11-13-31-4)27-23(28-22)33-16(2)3/h6-9,15-16H,5,10-14H2,1-4H3,(H,24,30)(H,25,27,28). The maximum atomic E-state index is 12.4. The van der Waals surface area contributed by atoms with Crippen LogP contribution in [0.5, 0.6) is 5.75 Å². The van der Waals surface area contributed by atoms with E-state index >= 15 is 0 Å². The zero-order chi connectivity index (χ0) is 23.6. The van der Waals surface area contributed by atoms with Gasteiger partial charge in [-0.05, 0) is 24.6 Å². The molecule has 0 radical (unpaired) electrons. The van der Waals surface area contributed by atoms with Gasteiger partial charge in [0.15, 0.2) is 10.8 Å². The third kappa shape index (κ3) is 7.33. The SMILES string of the molecule is CCOc1ccc(CC(=O)NCCn2ncc3c(NCCOC)nc(SC(C)C)nc32)cc1. The minimum atomic E-state index is -0.0387. The lowest BCUT2D eigenvalue weighted by atomic mass is 10.1. The van der Waals surface area contributed by atoms with Crippen molar-refractivity contribution in [2.45, 2.75) is 44.1 Å². The van der Waals surface area contributed by atoms with Gasteiger partial charge in [-0.15, -0.1) is 0 Å². The molecule has 0 aliphatic carbocycles. The van der Waals surface area contributed by atoms with Crippen LogP contribution in [0, 0.1) is 0 Å². The molecule has 0 aliphatic heterocycles. The number of hydrogen-bond donors (Lipinski definition) is 2. The number of thioether (sulfide) groups is 1. The molecule has 1 aromatic carbocycles.